The average molecular weight is 311 g/mol. The van der Waals surface area contributed by atoms with E-state index in [-0.39, 0.29) is 0 Å². The number of fused-ring (bicyclic) bond motifs is 1. The van der Waals surface area contributed by atoms with Gasteiger partial charge in [0.1, 0.15) is 5.82 Å². The van der Waals surface area contributed by atoms with Gasteiger partial charge in [-0.2, -0.15) is 9.61 Å². The van der Waals surface area contributed by atoms with E-state index >= 15 is 0 Å². The number of rotatable bonds is 6. The van der Waals surface area contributed by atoms with Crippen molar-refractivity contribution in [1.29, 1.82) is 0 Å². The summed E-state index contributed by atoms with van der Waals surface area (Å²) < 4.78 is 6.90. The molecule has 0 atom stereocenters. The molecule has 0 radical (unpaired) electrons. The zero-order chi connectivity index (χ0) is 16.2. The van der Waals surface area contributed by atoms with Crippen molar-refractivity contribution in [3.63, 3.8) is 0 Å². The number of aromatic nitrogens is 3. The normalized spacial score (nSPS) is 10.9. The minimum Gasteiger partial charge on any atom is -0.383 e. The summed E-state index contributed by atoms with van der Waals surface area (Å²) in [7, 11) is 5.75. The average Bonchev–Trinajstić information content (AvgIpc) is 3.00. The number of anilines is 2. The Kier molecular flexibility index (Phi) is 4.43. The summed E-state index contributed by atoms with van der Waals surface area (Å²) in [5.74, 6) is 0.905. The standard InChI is InChI=1S/C17H21N5O/c1-21(2)14-6-4-5-13(11-14)15-12-20-22-16(18-9-10-23-3)7-8-19-17(15)22/h4-8,11-12,18H,9-10H2,1-3H3. The van der Waals surface area contributed by atoms with Crippen LogP contribution >= 0.6 is 0 Å². The molecule has 0 fully saturated rings. The van der Waals surface area contributed by atoms with Crippen molar-refractivity contribution in [3.8, 4) is 11.1 Å². The van der Waals surface area contributed by atoms with Gasteiger partial charge in [-0.1, -0.05) is 12.1 Å². The summed E-state index contributed by atoms with van der Waals surface area (Å²) in [4.78, 5) is 6.58. The Morgan fingerprint density at radius 3 is 2.91 bits per heavy atom. The van der Waals surface area contributed by atoms with Gasteiger partial charge in [-0.15, -0.1) is 0 Å². The number of hydrogen-bond donors (Lipinski definition) is 1. The molecule has 3 rings (SSSR count). The molecule has 2 aromatic heterocycles. The summed E-state index contributed by atoms with van der Waals surface area (Å²) in [6, 6.07) is 10.3. The highest BCUT2D eigenvalue weighted by Gasteiger charge is 2.11. The molecule has 0 saturated heterocycles. The molecule has 6 heteroatoms. The third-order valence-corrected chi connectivity index (χ3v) is 3.69. The van der Waals surface area contributed by atoms with Gasteiger partial charge >= 0.3 is 0 Å². The van der Waals surface area contributed by atoms with Crippen molar-refractivity contribution in [2.45, 2.75) is 0 Å². The van der Waals surface area contributed by atoms with Crippen LogP contribution in [0.25, 0.3) is 16.8 Å². The van der Waals surface area contributed by atoms with Gasteiger partial charge in [-0.3, -0.25) is 0 Å². The van der Waals surface area contributed by atoms with Crippen LogP contribution in [-0.4, -0.2) is 49.0 Å². The highest BCUT2D eigenvalue weighted by molar-refractivity contribution is 5.79. The van der Waals surface area contributed by atoms with E-state index in [9.17, 15) is 0 Å². The Bertz CT molecular complexity index is 797. The molecule has 0 aliphatic rings. The number of nitrogens with one attached hydrogen (secondary N) is 1. The van der Waals surface area contributed by atoms with Crippen LogP contribution in [0.4, 0.5) is 11.5 Å². The monoisotopic (exact) mass is 311 g/mol. The predicted molar refractivity (Wildman–Crippen MR) is 93.1 cm³/mol. The van der Waals surface area contributed by atoms with Crippen molar-refractivity contribution in [2.75, 3.05) is 44.6 Å². The topological polar surface area (TPSA) is 54.7 Å². The number of benzene rings is 1. The summed E-state index contributed by atoms with van der Waals surface area (Å²) in [6.45, 7) is 1.36. The second kappa shape index (κ2) is 6.66. The Balaban J connectivity index is 1.99. The number of methoxy groups -OCH3 is 1. The maximum atomic E-state index is 5.07. The van der Waals surface area contributed by atoms with Crippen LogP contribution in [0.3, 0.4) is 0 Å². The van der Waals surface area contributed by atoms with Crippen LogP contribution in [0.5, 0.6) is 0 Å². The van der Waals surface area contributed by atoms with Crippen LogP contribution in [0.1, 0.15) is 0 Å². The minimum absolute atomic E-state index is 0.642. The Morgan fingerprint density at radius 1 is 1.26 bits per heavy atom. The summed E-state index contributed by atoms with van der Waals surface area (Å²) in [5.41, 5.74) is 4.11. The lowest BCUT2D eigenvalue weighted by Crippen LogP contribution is -2.11. The lowest BCUT2D eigenvalue weighted by atomic mass is 10.1. The second-order valence-corrected chi connectivity index (χ2v) is 5.49. The molecule has 0 amide bonds. The van der Waals surface area contributed by atoms with Crippen molar-refractivity contribution in [3.05, 3.63) is 42.7 Å². The molecule has 0 aliphatic carbocycles. The van der Waals surface area contributed by atoms with E-state index in [1.54, 1.807) is 13.3 Å². The van der Waals surface area contributed by atoms with Gasteiger partial charge in [0.15, 0.2) is 5.65 Å². The van der Waals surface area contributed by atoms with E-state index in [2.05, 4.69) is 44.6 Å². The van der Waals surface area contributed by atoms with Crippen molar-refractivity contribution < 1.29 is 4.74 Å². The molecule has 0 aliphatic heterocycles. The van der Waals surface area contributed by atoms with E-state index in [0.717, 1.165) is 34.8 Å². The van der Waals surface area contributed by atoms with Crippen LogP contribution in [0.15, 0.2) is 42.7 Å². The molecular formula is C17H21N5O. The maximum absolute atomic E-state index is 5.07. The lowest BCUT2D eigenvalue weighted by Gasteiger charge is -2.13. The highest BCUT2D eigenvalue weighted by Crippen LogP contribution is 2.27. The fourth-order valence-corrected chi connectivity index (χ4v) is 2.46. The molecule has 1 aromatic carbocycles. The smallest absolute Gasteiger partial charge is 0.165 e. The molecule has 120 valence electrons. The first-order valence-corrected chi connectivity index (χ1v) is 7.54. The molecule has 0 bridgehead atoms. The Hall–Kier alpha value is -2.60. The van der Waals surface area contributed by atoms with Crippen LogP contribution in [-0.2, 0) is 4.74 Å². The first kappa shape index (κ1) is 15.3. The Morgan fingerprint density at radius 2 is 2.13 bits per heavy atom. The second-order valence-electron chi connectivity index (χ2n) is 5.49. The first-order valence-electron chi connectivity index (χ1n) is 7.54. The SMILES string of the molecule is COCCNc1ccnc2c(-c3cccc(N(C)C)c3)cnn12. The molecular weight excluding hydrogens is 290 g/mol. The fourth-order valence-electron chi connectivity index (χ4n) is 2.46. The van der Waals surface area contributed by atoms with E-state index in [1.165, 1.54) is 0 Å². The number of hydrogen-bond acceptors (Lipinski definition) is 5. The van der Waals surface area contributed by atoms with E-state index < -0.39 is 0 Å². The predicted octanol–water partition coefficient (Wildman–Crippen LogP) is 2.52. The third-order valence-electron chi connectivity index (χ3n) is 3.69. The summed E-state index contributed by atoms with van der Waals surface area (Å²) in [5, 5.41) is 7.80. The first-order chi connectivity index (χ1) is 11.2. The van der Waals surface area contributed by atoms with E-state index in [1.807, 2.05) is 30.9 Å². The van der Waals surface area contributed by atoms with Crippen LogP contribution in [0.2, 0.25) is 0 Å². The zero-order valence-corrected chi connectivity index (χ0v) is 13.7. The molecule has 0 saturated carbocycles. The summed E-state index contributed by atoms with van der Waals surface area (Å²) >= 11 is 0. The molecule has 0 unspecified atom stereocenters. The van der Waals surface area contributed by atoms with Gasteiger partial charge in [0.25, 0.3) is 0 Å². The molecule has 0 spiro atoms. The van der Waals surface area contributed by atoms with Gasteiger partial charge in [-0.25, -0.2) is 4.98 Å². The molecule has 6 nitrogen and oxygen atoms in total. The van der Waals surface area contributed by atoms with Gasteiger partial charge in [-0.05, 0) is 23.8 Å². The van der Waals surface area contributed by atoms with Crippen LogP contribution < -0.4 is 10.2 Å². The maximum Gasteiger partial charge on any atom is 0.165 e. The van der Waals surface area contributed by atoms with Gasteiger partial charge in [0.2, 0.25) is 0 Å². The summed E-state index contributed by atoms with van der Waals surface area (Å²) in [6.07, 6.45) is 3.66. The molecule has 23 heavy (non-hydrogen) atoms. The van der Waals surface area contributed by atoms with E-state index in [0.29, 0.717) is 6.61 Å². The van der Waals surface area contributed by atoms with Gasteiger partial charge < -0.3 is 15.0 Å². The van der Waals surface area contributed by atoms with Gasteiger partial charge in [0, 0.05) is 45.2 Å². The number of nitrogens with zero attached hydrogens (tertiary/aromatic N) is 4. The lowest BCUT2D eigenvalue weighted by molar-refractivity contribution is 0.210. The molecule has 1 N–H and O–H groups in total. The molecule has 2 heterocycles. The highest BCUT2D eigenvalue weighted by atomic mass is 16.5. The fraction of sp³-hybridized carbons (Fsp3) is 0.294. The van der Waals surface area contributed by atoms with E-state index in [4.69, 9.17) is 4.74 Å². The van der Waals surface area contributed by atoms with Crippen LogP contribution in [0, 0.1) is 0 Å². The quantitative estimate of drug-likeness (QED) is 0.709. The minimum atomic E-state index is 0.642. The van der Waals surface area contributed by atoms with Gasteiger partial charge in [0.05, 0.1) is 12.8 Å². The number of ether oxygens (including phenoxy) is 1. The third kappa shape index (κ3) is 3.12. The zero-order valence-electron chi connectivity index (χ0n) is 13.7. The Labute approximate surface area is 135 Å². The largest absolute Gasteiger partial charge is 0.383 e. The van der Waals surface area contributed by atoms with Crippen molar-refractivity contribution in [1.82, 2.24) is 14.6 Å². The molecule has 3 aromatic rings. The van der Waals surface area contributed by atoms with Crippen molar-refractivity contribution >= 4 is 17.2 Å². The van der Waals surface area contributed by atoms with Crippen molar-refractivity contribution in [2.24, 2.45) is 0 Å².